The summed E-state index contributed by atoms with van der Waals surface area (Å²) in [6.45, 7) is 5.01. The van der Waals surface area contributed by atoms with Gasteiger partial charge in [0.05, 0.1) is 25.2 Å². The van der Waals surface area contributed by atoms with Gasteiger partial charge in [0.25, 0.3) is 0 Å². The molecule has 5 rings (SSSR count). The zero-order valence-corrected chi connectivity index (χ0v) is 17.8. The molecule has 0 radical (unpaired) electrons. The zero-order chi connectivity index (χ0) is 22.4. The van der Waals surface area contributed by atoms with Gasteiger partial charge in [0.2, 0.25) is 0 Å². The maximum atomic E-state index is 15.0. The van der Waals surface area contributed by atoms with Crippen LogP contribution in [0.5, 0.6) is 5.75 Å². The van der Waals surface area contributed by atoms with E-state index < -0.39 is 11.6 Å². The molecule has 0 spiro atoms. The lowest BCUT2D eigenvalue weighted by molar-refractivity contribution is 0.416. The molecule has 0 unspecified atom stereocenters. The zero-order valence-electron chi connectivity index (χ0n) is 17.8. The molecule has 0 saturated carbocycles. The number of fused-ring (bicyclic) bond motifs is 2. The number of methoxy groups -OCH3 is 1. The lowest BCUT2D eigenvalue weighted by atomic mass is 9.98. The molecule has 0 atom stereocenters. The molecule has 0 N–H and O–H groups in total. The molecule has 3 heterocycles. The Morgan fingerprint density at radius 1 is 1.09 bits per heavy atom. The van der Waals surface area contributed by atoms with Crippen molar-refractivity contribution in [2.24, 2.45) is 0 Å². The van der Waals surface area contributed by atoms with E-state index in [1.165, 1.54) is 17.7 Å². The second kappa shape index (κ2) is 7.60. The van der Waals surface area contributed by atoms with Gasteiger partial charge in [0.15, 0.2) is 11.2 Å². The number of nitrogens with zero attached hydrogens (tertiary/aromatic N) is 5. The summed E-state index contributed by atoms with van der Waals surface area (Å²) >= 11 is 0. The molecule has 0 fully saturated rings. The van der Waals surface area contributed by atoms with Crippen LogP contribution in [0.1, 0.15) is 13.8 Å². The third-order valence-electron chi connectivity index (χ3n) is 5.62. The minimum atomic E-state index is -0.465. The molecular formula is C23H20FN5O3. The lowest BCUT2D eigenvalue weighted by Gasteiger charge is -2.12. The molecule has 162 valence electrons. The number of hydrogen-bond donors (Lipinski definition) is 0. The van der Waals surface area contributed by atoms with Crippen LogP contribution in [0.2, 0.25) is 0 Å². The molecule has 0 amide bonds. The van der Waals surface area contributed by atoms with E-state index >= 15 is 4.39 Å². The van der Waals surface area contributed by atoms with E-state index in [0.29, 0.717) is 52.2 Å². The molecule has 32 heavy (non-hydrogen) atoms. The first-order valence-corrected chi connectivity index (χ1v) is 10.2. The first-order chi connectivity index (χ1) is 15.5. The van der Waals surface area contributed by atoms with Crippen LogP contribution in [0.25, 0.3) is 44.5 Å². The minimum absolute atomic E-state index is 0.313. The predicted molar refractivity (Wildman–Crippen MR) is 118 cm³/mol. The third kappa shape index (κ3) is 2.96. The number of oxazole rings is 1. The van der Waals surface area contributed by atoms with Gasteiger partial charge in [-0.1, -0.05) is 6.07 Å². The number of benzene rings is 2. The number of imidazole rings is 1. The smallest absolute Gasteiger partial charge is 0.419 e. The average molecular weight is 433 g/mol. The summed E-state index contributed by atoms with van der Waals surface area (Å²) in [4.78, 5) is 16.6. The molecule has 5 aromatic rings. The SMILES string of the molecule is CCn1cnc2c(-c3ccc(F)c(-c4cc5oc(=O)n(CC)c5cc4OC)c3)cnnc21. The Balaban J connectivity index is 1.73. The fourth-order valence-corrected chi connectivity index (χ4v) is 3.98. The lowest BCUT2D eigenvalue weighted by Crippen LogP contribution is -2.12. The number of rotatable bonds is 5. The van der Waals surface area contributed by atoms with Gasteiger partial charge >= 0.3 is 5.76 Å². The highest BCUT2D eigenvalue weighted by Gasteiger charge is 2.19. The fraction of sp³-hybridized carbons (Fsp3) is 0.217. The van der Waals surface area contributed by atoms with E-state index in [1.54, 1.807) is 36.8 Å². The van der Waals surface area contributed by atoms with E-state index in [9.17, 15) is 4.79 Å². The summed E-state index contributed by atoms with van der Waals surface area (Å²) in [5.41, 5.74) is 4.59. The molecule has 0 saturated heterocycles. The number of ether oxygens (including phenoxy) is 1. The van der Waals surface area contributed by atoms with Gasteiger partial charge in [0.1, 0.15) is 17.1 Å². The highest BCUT2D eigenvalue weighted by Crippen LogP contribution is 2.38. The van der Waals surface area contributed by atoms with Gasteiger partial charge in [0, 0.05) is 35.8 Å². The topological polar surface area (TPSA) is 88.0 Å². The highest BCUT2D eigenvalue weighted by molar-refractivity contribution is 5.91. The van der Waals surface area contributed by atoms with E-state index in [-0.39, 0.29) is 0 Å². The Bertz CT molecular complexity index is 1530. The Morgan fingerprint density at radius 2 is 1.94 bits per heavy atom. The van der Waals surface area contributed by atoms with Crippen molar-refractivity contribution in [3.8, 4) is 28.0 Å². The van der Waals surface area contributed by atoms with Crippen LogP contribution in [0.3, 0.4) is 0 Å². The van der Waals surface area contributed by atoms with Gasteiger partial charge in [-0.2, -0.15) is 5.10 Å². The van der Waals surface area contributed by atoms with Crippen LogP contribution >= 0.6 is 0 Å². The van der Waals surface area contributed by atoms with Gasteiger partial charge < -0.3 is 13.7 Å². The van der Waals surface area contributed by atoms with Crippen LogP contribution in [0.4, 0.5) is 4.39 Å². The molecule has 0 bridgehead atoms. The normalized spacial score (nSPS) is 11.5. The van der Waals surface area contributed by atoms with Gasteiger partial charge in [-0.3, -0.25) is 4.57 Å². The minimum Gasteiger partial charge on any atom is -0.496 e. The molecule has 0 aliphatic heterocycles. The molecule has 0 aliphatic rings. The number of aryl methyl sites for hydroxylation is 2. The largest absolute Gasteiger partial charge is 0.496 e. The quantitative estimate of drug-likeness (QED) is 0.412. The Labute approximate surface area is 181 Å². The van der Waals surface area contributed by atoms with Crippen molar-refractivity contribution in [3.05, 3.63) is 59.2 Å². The van der Waals surface area contributed by atoms with Crippen molar-refractivity contribution in [1.82, 2.24) is 24.3 Å². The highest BCUT2D eigenvalue weighted by atomic mass is 19.1. The number of hydrogen-bond acceptors (Lipinski definition) is 6. The monoisotopic (exact) mass is 433 g/mol. The van der Waals surface area contributed by atoms with Crippen molar-refractivity contribution in [2.45, 2.75) is 26.9 Å². The maximum absolute atomic E-state index is 15.0. The fourth-order valence-electron chi connectivity index (χ4n) is 3.98. The molecule has 8 nitrogen and oxygen atoms in total. The number of halogens is 1. The van der Waals surface area contributed by atoms with Crippen LogP contribution in [0.15, 0.2) is 52.1 Å². The van der Waals surface area contributed by atoms with E-state index in [1.807, 2.05) is 18.4 Å². The molecular weight excluding hydrogens is 413 g/mol. The first kappa shape index (κ1) is 19.9. The van der Waals surface area contributed by atoms with Gasteiger partial charge in [-0.05, 0) is 37.6 Å². The van der Waals surface area contributed by atoms with Crippen LogP contribution in [-0.4, -0.2) is 31.4 Å². The second-order valence-corrected chi connectivity index (χ2v) is 7.29. The molecule has 0 aliphatic carbocycles. The summed E-state index contributed by atoms with van der Waals surface area (Å²) in [6.07, 6.45) is 3.33. The van der Waals surface area contributed by atoms with Crippen molar-refractivity contribution in [2.75, 3.05) is 7.11 Å². The summed E-state index contributed by atoms with van der Waals surface area (Å²) < 4.78 is 29.3. The summed E-state index contributed by atoms with van der Waals surface area (Å²) in [6, 6.07) is 8.12. The predicted octanol–water partition coefficient (Wildman–Crippen LogP) is 4.26. The average Bonchev–Trinajstić information content (AvgIpc) is 3.37. The van der Waals surface area contributed by atoms with Crippen molar-refractivity contribution < 1.29 is 13.5 Å². The Hall–Kier alpha value is -4.01. The Kier molecular flexibility index (Phi) is 4.73. The Morgan fingerprint density at radius 3 is 2.69 bits per heavy atom. The van der Waals surface area contributed by atoms with Gasteiger partial charge in [-0.25, -0.2) is 14.2 Å². The molecule has 9 heteroatoms. The second-order valence-electron chi connectivity index (χ2n) is 7.29. The summed E-state index contributed by atoms with van der Waals surface area (Å²) in [5.74, 6) is -0.460. The standard InChI is InChI=1S/C23H20FN5O3/c1-4-28-12-25-21-16(11-26-27-22(21)28)13-6-7-17(24)14(8-13)15-9-20-18(10-19(15)31-3)29(5-2)23(30)32-20/h6-12H,4-5H2,1-3H3. The van der Waals surface area contributed by atoms with Crippen molar-refractivity contribution in [3.63, 3.8) is 0 Å². The van der Waals surface area contributed by atoms with Gasteiger partial charge in [-0.15, -0.1) is 5.10 Å². The first-order valence-electron chi connectivity index (χ1n) is 10.2. The van der Waals surface area contributed by atoms with Crippen LogP contribution in [-0.2, 0) is 13.1 Å². The van der Waals surface area contributed by atoms with Crippen LogP contribution in [0, 0.1) is 5.82 Å². The molecule has 3 aromatic heterocycles. The van der Waals surface area contributed by atoms with E-state index in [0.717, 1.165) is 11.1 Å². The van der Waals surface area contributed by atoms with Crippen molar-refractivity contribution in [1.29, 1.82) is 0 Å². The molecule has 2 aromatic carbocycles. The van der Waals surface area contributed by atoms with E-state index in [4.69, 9.17) is 9.15 Å². The van der Waals surface area contributed by atoms with Crippen LogP contribution < -0.4 is 10.5 Å². The summed E-state index contributed by atoms with van der Waals surface area (Å²) in [5, 5.41) is 8.30. The summed E-state index contributed by atoms with van der Waals surface area (Å²) in [7, 11) is 1.51. The number of aromatic nitrogens is 5. The van der Waals surface area contributed by atoms with Crippen molar-refractivity contribution >= 4 is 22.3 Å². The van der Waals surface area contributed by atoms with E-state index in [2.05, 4.69) is 15.2 Å². The third-order valence-corrected chi connectivity index (χ3v) is 5.62. The maximum Gasteiger partial charge on any atom is 0.419 e.